The number of carbonyl (C=O) groups is 1. The molecule has 6 nitrogen and oxygen atoms in total. The Hall–Kier alpha value is -2.63. The van der Waals surface area contributed by atoms with Crippen LogP contribution in [0.1, 0.15) is 23.0 Å². The SMILES string of the molecule is CCn1cc(C(=O)N2CC(Cc3nccc4ccn(C)c34)C2)cn1. The Morgan fingerprint density at radius 3 is 2.92 bits per heavy atom. The average molecular weight is 323 g/mol. The van der Waals surface area contributed by atoms with Crippen molar-refractivity contribution in [3.63, 3.8) is 0 Å². The van der Waals surface area contributed by atoms with Gasteiger partial charge >= 0.3 is 0 Å². The third-order valence-electron chi connectivity index (χ3n) is 4.79. The predicted octanol–water partition coefficient (Wildman–Crippen LogP) is 2.10. The fraction of sp³-hybridized carbons (Fsp3) is 0.389. The topological polar surface area (TPSA) is 56.0 Å². The standard InChI is InChI=1S/C18H21N5O/c1-3-23-12-15(9-20-23)18(24)22-10-13(11-22)8-16-17-14(4-6-19-16)5-7-21(17)2/h4-7,9,12-13H,3,8,10-11H2,1-2H3. The number of pyridine rings is 1. The number of likely N-dealkylation sites (tertiary alicyclic amines) is 1. The minimum Gasteiger partial charge on any atom is -0.349 e. The van der Waals surface area contributed by atoms with Crippen LogP contribution in [-0.2, 0) is 20.0 Å². The first-order chi connectivity index (χ1) is 11.7. The number of hydrogen-bond donors (Lipinski definition) is 0. The van der Waals surface area contributed by atoms with Gasteiger partial charge in [-0.05, 0) is 31.4 Å². The number of carbonyl (C=O) groups excluding carboxylic acids is 1. The molecule has 0 unspecified atom stereocenters. The summed E-state index contributed by atoms with van der Waals surface area (Å²) in [6.07, 6.45) is 8.33. The zero-order chi connectivity index (χ0) is 16.7. The Labute approximate surface area is 140 Å². The summed E-state index contributed by atoms with van der Waals surface area (Å²) >= 11 is 0. The molecule has 3 aromatic rings. The second-order valence-electron chi connectivity index (χ2n) is 6.49. The summed E-state index contributed by atoms with van der Waals surface area (Å²) in [5.74, 6) is 0.555. The minimum atomic E-state index is 0.0796. The molecule has 24 heavy (non-hydrogen) atoms. The van der Waals surface area contributed by atoms with Crippen molar-refractivity contribution < 1.29 is 4.79 Å². The Bertz CT molecular complexity index is 888. The van der Waals surface area contributed by atoms with Gasteiger partial charge < -0.3 is 9.47 Å². The molecule has 124 valence electrons. The van der Waals surface area contributed by atoms with Gasteiger partial charge in [-0.3, -0.25) is 14.5 Å². The van der Waals surface area contributed by atoms with Gasteiger partial charge in [-0.15, -0.1) is 0 Å². The van der Waals surface area contributed by atoms with E-state index in [1.54, 1.807) is 10.9 Å². The first kappa shape index (κ1) is 14.9. The first-order valence-electron chi connectivity index (χ1n) is 8.36. The Morgan fingerprint density at radius 2 is 2.17 bits per heavy atom. The van der Waals surface area contributed by atoms with Gasteiger partial charge in [-0.1, -0.05) is 0 Å². The van der Waals surface area contributed by atoms with Crippen LogP contribution in [0.4, 0.5) is 0 Å². The minimum absolute atomic E-state index is 0.0796. The Kier molecular flexibility index (Phi) is 3.59. The molecule has 1 amide bonds. The average Bonchev–Trinajstić information content (AvgIpc) is 3.17. The van der Waals surface area contributed by atoms with E-state index in [1.807, 2.05) is 30.3 Å². The maximum Gasteiger partial charge on any atom is 0.257 e. The summed E-state index contributed by atoms with van der Waals surface area (Å²) in [4.78, 5) is 18.9. The van der Waals surface area contributed by atoms with Crippen molar-refractivity contribution in [1.29, 1.82) is 0 Å². The highest BCUT2D eigenvalue weighted by Gasteiger charge is 2.32. The Morgan fingerprint density at radius 1 is 1.33 bits per heavy atom. The van der Waals surface area contributed by atoms with Gasteiger partial charge in [-0.2, -0.15) is 5.10 Å². The van der Waals surface area contributed by atoms with Gasteiger partial charge in [-0.25, -0.2) is 0 Å². The van der Waals surface area contributed by atoms with E-state index in [9.17, 15) is 4.79 Å². The summed E-state index contributed by atoms with van der Waals surface area (Å²) in [5.41, 5.74) is 3.00. The van der Waals surface area contributed by atoms with Crippen LogP contribution >= 0.6 is 0 Å². The van der Waals surface area contributed by atoms with Crippen LogP contribution < -0.4 is 0 Å². The lowest BCUT2D eigenvalue weighted by Crippen LogP contribution is -2.50. The lowest BCUT2D eigenvalue weighted by Gasteiger charge is -2.39. The third-order valence-corrected chi connectivity index (χ3v) is 4.79. The van der Waals surface area contributed by atoms with E-state index in [-0.39, 0.29) is 5.91 Å². The van der Waals surface area contributed by atoms with Crippen molar-refractivity contribution in [2.75, 3.05) is 13.1 Å². The van der Waals surface area contributed by atoms with Crippen molar-refractivity contribution in [3.05, 3.63) is 48.2 Å². The molecule has 0 N–H and O–H groups in total. The number of fused-ring (bicyclic) bond motifs is 1. The third kappa shape index (κ3) is 2.48. The maximum atomic E-state index is 12.4. The van der Waals surface area contributed by atoms with Crippen molar-refractivity contribution in [3.8, 4) is 0 Å². The summed E-state index contributed by atoms with van der Waals surface area (Å²) < 4.78 is 3.91. The van der Waals surface area contributed by atoms with Crippen molar-refractivity contribution in [2.45, 2.75) is 19.9 Å². The maximum absolute atomic E-state index is 12.4. The van der Waals surface area contributed by atoms with Crippen molar-refractivity contribution in [2.24, 2.45) is 13.0 Å². The Balaban J connectivity index is 1.42. The smallest absolute Gasteiger partial charge is 0.257 e. The highest BCUT2D eigenvalue weighted by Crippen LogP contribution is 2.25. The number of hydrogen-bond acceptors (Lipinski definition) is 3. The predicted molar refractivity (Wildman–Crippen MR) is 91.7 cm³/mol. The molecular weight excluding hydrogens is 302 g/mol. The summed E-state index contributed by atoms with van der Waals surface area (Å²) in [6, 6.07) is 4.16. The number of aryl methyl sites for hydroxylation is 2. The molecular formula is C18H21N5O. The molecule has 0 radical (unpaired) electrons. The molecule has 1 saturated heterocycles. The first-order valence-corrected chi connectivity index (χ1v) is 8.36. The van der Waals surface area contributed by atoms with E-state index in [0.717, 1.165) is 31.7 Å². The fourth-order valence-corrected chi connectivity index (χ4v) is 3.44. The van der Waals surface area contributed by atoms with E-state index in [1.165, 1.54) is 10.9 Å². The van der Waals surface area contributed by atoms with E-state index in [4.69, 9.17) is 0 Å². The largest absolute Gasteiger partial charge is 0.349 e. The molecule has 0 aromatic carbocycles. The van der Waals surface area contributed by atoms with Gasteiger partial charge in [0.25, 0.3) is 5.91 Å². The fourth-order valence-electron chi connectivity index (χ4n) is 3.44. The molecule has 0 atom stereocenters. The summed E-state index contributed by atoms with van der Waals surface area (Å²) in [6.45, 7) is 4.37. The normalized spacial score (nSPS) is 15.0. The highest BCUT2D eigenvalue weighted by molar-refractivity contribution is 5.94. The van der Waals surface area contributed by atoms with Crippen LogP contribution in [0.2, 0.25) is 0 Å². The molecule has 1 fully saturated rings. The van der Waals surface area contributed by atoms with Gasteiger partial charge in [0.05, 0.1) is 23.0 Å². The van der Waals surface area contributed by atoms with Crippen LogP contribution in [0.5, 0.6) is 0 Å². The number of aromatic nitrogens is 4. The molecule has 0 bridgehead atoms. The van der Waals surface area contributed by atoms with Crippen molar-refractivity contribution in [1.82, 2.24) is 24.2 Å². The summed E-state index contributed by atoms with van der Waals surface area (Å²) in [5, 5.41) is 5.40. The molecule has 1 aliphatic rings. The van der Waals surface area contributed by atoms with E-state index < -0.39 is 0 Å². The number of amides is 1. The quantitative estimate of drug-likeness (QED) is 0.739. The second-order valence-corrected chi connectivity index (χ2v) is 6.49. The molecule has 4 rings (SSSR count). The lowest BCUT2D eigenvalue weighted by atomic mass is 9.93. The molecule has 6 heteroatoms. The monoisotopic (exact) mass is 323 g/mol. The van der Waals surface area contributed by atoms with Crippen LogP contribution in [0.3, 0.4) is 0 Å². The molecule has 4 heterocycles. The van der Waals surface area contributed by atoms with Crippen LogP contribution in [-0.4, -0.2) is 43.2 Å². The second kappa shape index (κ2) is 5.78. The number of nitrogens with zero attached hydrogens (tertiary/aromatic N) is 5. The van der Waals surface area contributed by atoms with E-state index in [0.29, 0.717) is 11.5 Å². The van der Waals surface area contributed by atoms with Gasteiger partial charge in [0.2, 0.25) is 0 Å². The van der Waals surface area contributed by atoms with Crippen molar-refractivity contribution >= 4 is 16.8 Å². The van der Waals surface area contributed by atoms with Gasteiger partial charge in [0, 0.05) is 50.7 Å². The molecule has 0 saturated carbocycles. The zero-order valence-electron chi connectivity index (χ0n) is 14.0. The molecule has 1 aliphatic heterocycles. The summed E-state index contributed by atoms with van der Waals surface area (Å²) in [7, 11) is 2.05. The van der Waals surface area contributed by atoms with Crippen LogP contribution in [0.25, 0.3) is 10.9 Å². The zero-order valence-corrected chi connectivity index (χ0v) is 14.0. The van der Waals surface area contributed by atoms with Gasteiger partial charge in [0.15, 0.2) is 0 Å². The highest BCUT2D eigenvalue weighted by atomic mass is 16.2. The molecule has 0 spiro atoms. The molecule has 3 aromatic heterocycles. The van der Waals surface area contributed by atoms with Gasteiger partial charge in [0.1, 0.15) is 0 Å². The van der Waals surface area contributed by atoms with Crippen LogP contribution in [0, 0.1) is 5.92 Å². The molecule has 0 aliphatic carbocycles. The van der Waals surface area contributed by atoms with E-state index in [2.05, 4.69) is 34.0 Å². The van der Waals surface area contributed by atoms with Crippen LogP contribution in [0.15, 0.2) is 36.9 Å². The van der Waals surface area contributed by atoms with E-state index >= 15 is 0 Å². The lowest BCUT2D eigenvalue weighted by molar-refractivity contribution is 0.0500. The number of rotatable bonds is 4.